The number of hydrogen-bond donors (Lipinski definition) is 0. The van der Waals surface area contributed by atoms with E-state index in [4.69, 9.17) is 6.57 Å². The van der Waals surface area contributed by atoms with Crippen LogP contribution < -0.4 is 4.68 Å². The van der Waals surface area contributed by atoms with Gasteiger partial charge in [-0.25, -0.2) is 14.8 Å². The average Bonchev–Trinajstić information content (AvgIpc) is 2.56. The Morgan fingerprint density at radius 3 is 2.81 bits per heavy atom. The Balaban J connectivity index is 2.00. The minimum atomic E-state index is -0.679. The smallest absolute Gasteiger partial charge is 0.394 e. The Labute approximate surface area is 122 Å². The van der Waals surface area contributed by atoms with Gasteiger partial charge < -0.3 is 4.74 Å². The molecular weight excluding hydrogens is 270 g/mol. The topological polar surface area (TPSA) is 73.2 Å². The standard InChI is InChI=1S/C14H15N5O2/c1-15-12(14(20)21-2)5-9-19-8-4-11(10-18-19)13-16-6-3-7-17-13/h1,3-4,6-8,10,12H,5,9H2,2H3/q+2/t12-/m1/s1. The molecule has 0 saturated heterocycles. The summed E-state index contributed by atoms with van der Waals surface area (Å²) in [6, 6.07) is 2.93. The number of aryl methyl sites for hydroxylation is 1. The number of hydrogen-bond acceptors (Lipinski definition) is 5. The van der Waals surface area contributed by atoms with E-state index >= 15 is 0 Å². The van der Waals surface area contributed by atoms with Crippen molar-refractivity contribution >= 4 is 5.97 Å². The monoisotopic (exact) mass is 285 g/mol. The first-order chi connectivity index (χ1) is 10.2. The minimum absolute atomic E-state index is 0.419. The Kier molecular flexibility index (Phi) is 4.88. The summed E-state index contributed by atoms with van der Waals surface area (Å²) in [5.74, 6) is 0.161. The molecule has 0 aliphatic rings. The number of ether oxygens (including phenoxy) is 1. The van der Waals surface area contributed by atoms with Crippen LogP contribution in [-0.2, 0) is 16.1 Å². The fourth-order valence-electron chi connectivity index (χ4n) is 1.74. The molecular formula is C14H15N5O2+2. The quantitative estimate of drug-likeness (QED) is 0.598. The van der Waals surface area contributed by atoms with Crippen LogP contribution >= 0.6 is 0 Å². The van der Waals surface area contributed by atoms with Gasteiger partial charge in [0, 0.05) is 24.0 Å². The molecule has 2 heterocycles. The van der Waals surface area contributed by atoms with Crippen molar-refractivity contribution in [1.29, 1.82) is 0 Å². The number of aromatic nitrogens is 4. The molecule has 0 saturated carbocycles. The molecule has 0 bridgehead atoms. The molecule has 0 unspecified atom stereocenters. The van der Waals surface area contributed by atoms with E-state index in [1.165, 1.54) is 7.11 Å². The normalized spacial score (nSPS) is 11.4. The maximum atomic E-state index is 11.4. The van der Waals surface area contributed by atoms with Crippen molar-refractivity contribution in [3.05, 3.63) is 41.8 Å². The van der Waals surface area contributed by atoms with Gasteiger partial charge in [-0.3, -0.25) is 0 Å². The predicted octanol–water partition coefficient (Wildman–Crippen LogP) is 0.720. The number of esters is 1. The largest absolute Gasteiger partial charge is 0.463 e. The highest BCUT2D eigenvalue weighted by Crippen LogP contribution is 2.09. The van der Waals surface area contributed by atoms with Crippen molar-refractivity contribution in [1.82, 2.24) is 15.1 Å². The van der Waals surface area contributed by atoms with Crippen molar-refractivity contribution in [3.63, 3.8) is 0 Å². The summed E-state index contributed by atoms with van der Waals surface area (Å²) in [7, 11) is 1.31. The van der Waals surface area contributed by atoms with Crippen LogP contribution in [0, 0.1) is 6.57 Å². The van der Waals surface area contributed by atoms with Crippen molar-refractivity contribution in [2.24, 2.45) is 0 Å². The molecule has 106 valence electrons. The molecule has 1 atom stereocenters. The maximum absolute atomic E-state index is 11.4. The number of carbonyl (C=O) groups is 1. The first kappa shape index (κ1) is 14.5. The van der Waals surface area contributed by atoms with Crippen LogP contribution in [0.4, 0.5) is 0 Å². The van der Waals surface area contributed by atoms with E-state index in [9.17, 15) is 4.79 Å². The summed E-state index contributed by atoms with van der Waals surface area (Å²) in [6.07, 6.45) is 7.22. The van der Waals surface area contributed by atoms with E-state index in [2.05, 4.69) is 24.6 Å². The third-order valence-electron chi connectivity index (χ3n) is 2.88. The van der Waals surface area contributed by atoms with Gasteiger partial charge in [0.2, 0.25) is 0 Å². The average molecular weight is 285 g/mol. The van der Waals surface area contributed by atoms with E-state index in [0.717, 1.165) is 5.56 Å². The third kappa shape index (κ3) is 3.79. The predicted molar refractivity (Wildman–Crippen MR) is 74.2 cm³/mol. The van der Waals surface area contributed by atoms with Gasteiger partial charge in [-0.15, -0.1) is 0 Å². The lowest BCUT2D eigenvalue weighted by atomic mass is 10.2. The Morgan fingerprint density at radius 2 is 2.24 bits per heavy atom. The van der Waals surface area contributed by atoms with E-state index < -0.39 is 12.0 Å². The number of methoxy groups -OCH3 is 1. The maximum Gasteiger partial charge on any atom is 0.394 e. The van der Waals surface area contributed by atoms with Gasteiger partial charge in [0.25, 0.3) is 6.57 Å². The van der Waals surface area contributed by atoms with Crippen LogP contribution in [0.1, 0.15) is 6.42 Å². The van der Waals surface area contributed by atoms with Crippen molar-refractivity contribution in [2.75, 3.05) is 7.11 Å². The molecule has 7 nitrogen and oxygen atoms in total. The summed E-state index contributed by atoms with van der Waals surface area (Å²) in [5.41, 5.74) is 0.819. The Morgan fingerprint density at radius 1 is 1.48 bits per heavy atom. The molecule has 0 aliphatic carbocycles. The second-order valence-electron chi connectivity index (χ2n) is 4.23. The van der Waals surface area contributed by atoms with Crippen LogP contribution in [0.2, 0.25) is 0 Å². The fraction of sp³-hybridized carbons (Fsp3) is 0.286. The molecule has 0 N–H and O–H groups in total. The van der Waals surface area contributed by atoms with Crippen molar-refractivity contribution in [2.45, 2.75) is 19.0 Å². The minimum Gasteiger partial charge on any atom is -0.463 e. The van der Waals surface area contributed by atoms with Crippen LogP contribution in [0.5, 0.6) is 0 Å². The van der Waals surface area contributed by atoms with Gasteiger partial charge in [-0.2, -0.15) is 0 Å². The molecule has 0 aliphatic heterocycles. The van der Waals surface area contributed by atoms with Crippen molar-refractivity contribution in [3.8, 4) is 18.0 Å². The van der Waals surface area contributed by atoms with Crippen LogP contribution in [0.15, 0.2) is 36.9 Å². The third-order valence-corrected chi connectivity index (χ3v) is 2.88. The Hall–Kier alpha value is -2.88. The van der Waals surface area contributed by atoms with Gasteiger partial charge in [0.15, 0.2) is 18.6 Å². The van der Waals surface area contributed by atoms with Gasteiger partial charge in [-0.05, 0) is 11.2 Å². The summed E-state index contributed by atoms with van der Waals surface area (Å²) >= 11 is 0. The zero-order valence-electron chi connectivity index (χ0n) is 11.6. The first-order valence-corrected chi connectivity index (χ1v) is 6.35. The van der Waals surface area contributed by atoms with E-state index in [1.807, 2.05) is 6.07 Å². The summed E-state index contributed by atoms with van der Waals surface area (Å²) in [6.45, 7) is 5.69. The first-order valence-electron chi connectivity index (χ1n) is 6.35. The highest BCUT2D eigenvalue weighted by atomic mass is 16.5. The Bertz CT molecular complexity index is 637. The second kappa shape index (κ2) is 7.05. The molecule has 0 amide bonds. The summed E-state index contributed by atoms with van der Waals surface area (Å²) in [5, 5.41) is 4.25. The summed E-state index contributed by atoms with van der Waals surface area (Å²) < 4.78 is 6.30. The van der Waals surface area contributed by atoms with Gasteiger partial charge in [0.05, 0.1) is 7.11 Å². The molecule has 2 aromatic heterocycles. The van der Waals surface area contributed by atoms with Gasteiger partial charge in [-0.1, -0.05) is 9.53 Å². The summed E-state index contributed by atoms with van der Waals surface area (Å²) in [4.78, 5) is 23.2. The lowest BCUT2D eigenvalue weighted by Crippen LogP contribution is -2.39. The molecule has 0 aromatic carbocycles. The van der Waals surface area contributed by atoms with Crippen LogP contribution in [-0.4, -0.2) is 34.2 Å². The lowest BCUT2D eigenvalue weighted by molar-refractivity contribution is -0.754. The lowest BCUT2D eigenvalue weighted by Gasteiger charge is -1.99. The fourth-order valence-corrected chi connectivity index (χ4v) is 1.74. The molecule has 0 spiro atoms. The van der Waals surface area contributed by atoms with E-state index in [1.54, 1.807) is 35.5 Å². The molecule has 2 aromatic rings. The molecule has 0 fully saturated rings. The highest BCUT2D eigenvalue weighted by molar-refractivity contribution is 5.77. The van der Waals surface area contributed by atoms with Crippen molar-refractivity contribution < 1.29 is 14.2 Å². The second-order valence-corrected chi connectivity index (χ2v) is 4.23. The van der Waals surface area contributed by atoms with Gasteiger partial charge >= 0.3 is 12.0 Å². The molecule has 2 rings (SSSR count). The zero-order valence-corrected chi connectivity index (χ0v) is 11.6. The SMILES string of the molecule is C#[N+][C@H](CC[n+]1ccc(-c2ncccn2)cn1)C(=O)OC. The van der Waals surface area contributed by atoms with Gasteiger partial charge in [0.1, 0.15) is 12.6 Å². The molecule has 21 heavy (non-hydrogen) atoms. The molecule has 0 radical (unpaired) electrons. The van der Waals surface area contributed by atoms with Crippen LogP contribution in [0.3, 0.4) is 0 Å². The van der Waals surface area contributed by atoms with Crippen LogP contribution in [0.25, 0.3) is 16.2 Å². The number of rotatable bonds is 5. The highest BCUT2D eigenvalue weighted by Gasteiger charge is 2.29. The zero-order chi connectivity index (χ0) is 15.1. The van der Waals surface area contributed by atoms with E-state index in [0.29, 0.717) is 18.8 Å². The molecule has 7 heteroatoms. The van der Waals surface area contributed by atoms with E-state index in [-0.39, 0.29) is 0 Å². The number of nitrogens with zero attached hydrogens (tertiary/aromatic N) is 5. The number of carbonyl (C=O) groups excluding carboxylic acids is 1.